The summed E-state index contributed by atoms with van der Waals surface area (Å²) in [6, 6.07) is 3.89. The van der Waals surface area contributed by atoms with Gasteiger partial charge in [-0.1, -0.05) is 75.2 Å². The molecule has 2 nitrogen and oxygen atoms in total. The van der Waals surface area contributed by atoms with Crippen molar-refractivity contribution in [2.24, 2.45) is 5.92 Å². The largest absolute Gasteiger partial charge is 0.451 e. The van der Waals surface area contributed by atoms with Crippen LogP contribution in [0.5, 0.6) is 0 Å². The number of nitrogens with one attached hydrogen (secondary N) is 1. The molecule has 0 radical (unpaired) electrons. The number of thioether (sulfide) groups is 1. The monoisotopic (exact) mass is 369 g/mol. The van der Waals surface area contributed by atoms with Crippen molar-refractivity contribution in [2.75, 3.05) is 12.3 Å². The zero-order valence-corrected chi connectivity index (χ0v) is 19.5. The van der Waals surface area contributed by atoms with E-state index in [2.05, 4.69) is 58.7 Å². The van der Waals surface area contributed by atoms with Gasteiger partial charge in [0.2, 0.25) is 0 Å². The average Bonchev–Trinajstić information content (AvgIpc) is 2.97. The van der Waals surface area contributed by atoms with Crippen LogP contribution in [0, 0.1) is 17.8 Å². The molecular formula is C22H43NOS. The van der Waals surface area contributed by atoms with Crippen LogP contribution in [0.4, 0.5) is 0 Å². The molecule has 0 fully saturated rings. The molecule has 0 amide bonds. The molecular weight excluding hydrogens is 326 g/mol. The average molecular weight is 370 g/mol. The van der Waals surface area contributed by atoms with E-state index in [0.29, 0.717) is 4.75 Å². The summed E-state index contributed by atoms with van der Waals surface area (Å²) in [6.07, 6.45) is 0. The third kappa shape index (κ3) is 25.5. The number of rotatable bonds is 5. The molecule has 0 aliphatic carbocycles. The summed E-state index contributed by atoms with van der Waals surface area (Å²) in [4.78, 5) is 0. The van der Waals surface area contributed by atoms with E-state index in [4.69, 9.17) is 4.42 Å². The fourth-order valence-electron chi connectivity index (χ4n) is 1.30. The first-order valence-electron chi connectivity index (χ1n) is 9.60. The maximum absolute atomic E-state index is 5.53. The molecule has 148 valence electrons. The van der Waals surface area contributed by atoms with Gasteiger partial charge in [0.15, 0.2) is 5.76 Å². The van der Waals surface area contributed by atoms with E-state index in [0.717, 1.165) is 36.3 Å². The van der Waals surface area contributed by atoms with Crippen LogP contribution in [0.1, 0.15) is 87.7 Å². The van der Waals surface area contributed by atoms with E-state index in [-0.39, 0.29) is 0 Å². The van der Waals surface area contributed by atoms with E-state index >= 15 is 0 Å². The molecule has 0 atom stereocenters. The van der Waals surface area contributed by atoms with Crippen LogP contribution in [0.2, 0.25) is 0 Å². The minimum atomic E-state index is 0.343. The fourth-order valence-corrected chi connectivity index (χ4v) is 2.16. The molecule has 0 aliphatic rings. The topological polar surface area (TPSA) is 25.2 Å². The van der Waals surface area contributed by atoms with E-state index in [9.17, 15) is 0 Å². The zero-order chi connectivity index (χ0) is 20.3. The third-order valence-corrected chi connectivity index (χ3v) is 3.30. The molecule has 0 bridgehead atoms. The van der Waals surface area contributed by atoms with Crippen molar-refractivity contribution < 1.29 is 4.42 Å². The summed E-state index contributed by atoms with van der Waals surface area (Å²) in [5, 5.41) is 3.37. The first-order valence-corrected chi connectivity index (χ1v) is 10.6. The van der Waals surface area contributed by atoms with E-state index < -0.39 is 0 Å². The Balaban J connectivity index is -0.000000518. The van der Waals surface area contributed by atoms with Crippen molar-refractivity contribution in [3.63, 3.8) is 0 Å². The Kier molecular flexibility index (Phi) is 22.5. The van der Waals surface area contributed by atoms with Crippen LogP contribution in [0.3, 0.4) is 0 Å². The van der Waals surface area contributed by atoms with Crippen LogP contribution >= 0.6 is 11.8 Å². The van der Waals surface area contributed by atoms with Gasteiger partial charge in [0.25, 0.3) is 0 Å². The molecule has 0 aromatic carbocycles. The molecule has 1 rings (SSSR count). The summed E-state index contributed by atoms with van der Waals surface area (Å²) < 4.78 is 5.87. The van der Waals surface area contributed by atoms with Gasteiger partial charge in [-0.2, -0.15) is 11.8 Å². The molecule has 0 aliphatic heterocycles. The Bertz CT molecular complexity index is 430. The standard InChI is InChI=1S/C14H21NOS.C4H10.2C2H6/c1-5-6-12-7-8-13(16-12)11-15-9-10-17-14(2,3)4;1-4(2)3;2*1-2/h7-8,15H,9-11H2,1-4H3;4H,1-3H3;2*1-2H3. The van der Waals surface area contributed by atoms with Crippen molar-refractivity contribution in [3.8, 4) is 11.8 Å². The van der Waals surface area contributed by atoms with Gasteiger partial charge in [0.05, 0.1) is 6.54 Å². The van der Waals surface area contributed by atoms with Gasteiger partial charge in [-0.05, 0) is 30.9 Å². The maximum Gasteiger partial charge on any atom is 0.177 e. The van der Waals surface area contributed by atoms with Gasteiger partial charge < -0.3 is 9.73 Å². The minimum absolute atomic E-state index is 0.343. The van der Waals surface area contributed by atoms with Crippen LogP contribution in [-0.2, 0) is 6.54 Å². The molecule has 0 saturated carbocycles. The normalized spacial score (nSPS) is 9.44. The van der Waals surface area contributed by atoms with E-state index in [1.165, 1.54) is 0 Å². The van der Waals surface area contributed by atoms with Crippen LogP contribution < -0.4 is 5.32 Å². The number of hydrogen-bond acceptors (Lipinski definition) is 3. The van der Waals surface area contributed by atoms with Crippen molar-refractivity contribution in [1.29, 1.82) is 0 Å². The maximum atomic E-state index is 5.53. The molecule has 1 aromatic heterocycles. The van der Waals surface area contributed by atoms with Crippen LogP contribution in [0.15, 0.2) is 16.5 Å². The molecule has 1 N–H and O–H groups in total. The second kappa shape index (κ2) is 19.5. The molecule has 1 heterocycles. The van der Waals surface area contributed by atoms with Gasteiger partial charge in [-0.25, -0.2) is 0 Å². The zero-order valence-electron chi connectivity index (χ0n) is 18.7. The molecule has 1 aromatic rings. The Morgan fingerprint density at radius 3 is 2.04 bits per heavy atom. The van der Waals surface area contributed by atoms with E-state index in [1.807, 2.05) is 58.5 Å². The first kappa shape index (κ1) is 28.9. The SMILES string of the molecule is CC.CC.CC#Cc1ccc(CNCCSC(C)(C)C)o1.CC(C)C. The Morgan fingerprint density at radius 1 is 1.08 bits per heavy atom. The Labute approximate surface area is 162 Å². The quantitative estimate of drug-likeness (QED) is 0.447. The minimum Gasteiger partial charge on any atom is -0.451 e. The molecule has 25 heavy (non-hydrogen) atoms. The summed E-state index contributed by atoms with van der Waals surface area (Å²) in [7, 11) is 0. The predicted octanol–water partition coefficient (Wildman–Crippen LogP) is 6.99. The first-order chi connectivity index (χ1) is 11.7. The van der Waals surface area contributed by atoms with Crippen molar-refractivity contribution in [1.82, 2.24) is 5.32 Å². The molecule has 0 unspecified atom stereocenters. The summed E-state index contributed by atoms with van der Waals surface area (Å²) in [5.41, 5.74) is 0. The highest BCUT2D eigenvalue weighted by molar-refractivity contribution is 8.00. The van der Waals surface area contributed by atoms with Crippen molar-refractivity contribution >= 4 is 11.8 Å². The fraction of sp³-hybridized carbons (Fsp3) is 0.727. The summed E-state index contributed by atoms with van der Waals surface area (Å²) in [5.74, 6) is 9.37. The molecule has 0 saturated heterocycles. The number of furan rings is 1. The lowest BCUT2D eigenvalue weighted by atomic mass is 10.3. The van der Waals surface area contributed by atoms with Crippen LogP contribution in [-0.4, -0.2) is 17.0 Å². The highest BCUT2D eigenvalue weighted by atomic mass is 32.2. The third-order valence-electron chi connectivity index (χ3n) is 2.02. The second-order valence-corrected chi connectivity index (χ2v) is 8.43. The molecule has 0 spiro atoms. The van der Waals surface area contributed by atoms with Gasteiger partial charge >= 0.3 is 0 Å². The Hall–Kier alpha value is -0.850. The van der Waals surface area contributed by atoms with Gasteiger partial charge in [0, 0.05) is 17.0 Å². The summed E-state index contributed by atoms with van der Waals surface area (Å²) >= 11 is 1.97. The van der Waals surface area contributed by atoms with Gasteiger partial charge in [-0.15, -0.1) is 0 Å². The Morgan fingerprint density at radius 2 is 1.60 bits per heavy atom. The van der Waals surface area contributed by atoms with Crippen molar-refractivity contribution in [3.05, 3.63) is 23.7 Å². The van der Waals surface area contributed by atoms with E-state index in [1.54, 1.807) is 0 Å². The lowest BCUT2D eigenvalue weighted by molar-refractivity contribution is 0.479. The number of hydrogen-bond donors (Lipinski definition) is 1. The lowest BCUT2D eigenvalue weighted by Gasteiger charge is -2.17. The second-order valence-electron chi connectivity index (χ2n) is 6.51. The molecule has 3 heteroatoms. The highest BCUT2D eigenvalue weighted by Crippen LogP contribution is 2.22. The van der Waals surface area contributed by atoms with Gasteiger partial charge in [-0.3, -0.25) is 0 Å². The summed E-state index contributed by atoms with van der Waals surface area (Å²) in [6.45, 7) is 24.8. The van der Waals surface area contributed by atoms with Gasteiger partial charge in [0.1, 0.15) is 5.76 Å². The predicted molar refractivity (Wildman–Crippen MR) is 118 cm³/mol. The smallest absolute Gasteiger partial charge is 0.177 e. The van der Waals surface area contributed by atoms with Crippen molar-refractivity contribution in [2.45, 2.75) is 87.5 Å². The van der Waals surface area contributed by atoms with Crippen LogP contribution in [0.25, 0.3) is 0 Å². The highest BCUT2D eigenvalue weighted by Gasteiger charge is 2.09. The lowest BCUT2D eigenvalue weighted by Crippen LogP contribution is -2.19.